The molecule has 0 unspecified atom stereocenters. The van der Waals surface area contributed by atoms with Crippen LogP contribution in [0.2, 0.25) is 0 Å². The van der Waals surface area contributed by atoms with Crippen molar-refractivity contribution >= 4 is 0 Å². The van der Waals surface area contributed by atoms with Crippen molar-refractivity contribution in [3.05, 3.63) is 35.1 Å². The maximum atomic E-state index is 13.1. The Bertz CT molecular complexity index is 438. The van der Waals surface area contributed by atoms with Crippen LogP contribution in [-0.2, 0) is 6.54 Å². The second-order valence-electron chi connectivity index (χ2n) is 4.75. The molecule has 0 fully saturated rings. The summed E-state index contributed by atoms with van der Waals surface area (Å²) >= 11 is 0. The first kappa shape index (κ1) is 13.6. The molecule has 0 saturated heterocycles. The lowest BCUT2D eigenvalue weighted by Crippen LogP contribution is -2.43. The summed E-state index contributed by atoms with van der Waals surface area (Å²) in [6.07, 6.45) is 0. The Morgan fingerprint density at radius 1 is 1.47 bits per heavy atom. The van der Waals surface area contributed by atoms with E-state index in [1.807, 2.05) is 31.9 Å². The van der Waals surface area contributed by atoms with Gasteiger partial charge in [0.25, 0.3) is 0 Å². The van der Waals surface area contributed by atoms with E-state index in [0.29, 0.717) is 6.54 Å². The normalized spacial score (nSPS) is 11.6. The summed E-state index contributed by atoms with van der Waals surface area (Å²) < 4.78 is 13.1. The minimum Gasteiger partial charge on any atom is -0.394 e. The molecule has 0 heterocycles. The van der Waals surface area contributed by atoms with Crippen molar-refractivity contribution in [1.29, 1.82) is 5.26 Å². The van der Waals surface area contributed by atoms with E-state index in [-0.39, 0.29) is 17.7 Å². The van der Waals surface area contributed by atoms with E-state index >= 15 is 0 Å². The Kier molecular flexibility index (Phi) is 4.22. The number of rotatable bonds is 4. The van der Waals surface area contributed by atoms with Crippen molar-refractivity contribution in [2.75, 3.05) is 13.7 Å². The first-order valence-electron chi connectivity index (χ1n) is 5.41. The van der Waals surface area contributed by atoms with Gasteiger partial charge in [-0.2, -0.15) is 5.26 Å². The lowest BCUT2D eigenvalue weighted by atomic mass is 10.0. The molecule has 0 aliphatic rings. The summed E-state index contributed by atoms with van der Waals surface area (Å²) in [5.74, 6) is -0.500. The van der Waals surface area contributed by atoms with Crippen LogP contribution in [0.15, 0.2) is 18.2 Å². The van der Waals surface area contributed by atoms with Crippen LogP contribution < -0.4 is 0 Å². The fourth-order valence-electron chi connectivity index (χ4n) is 1.37. The second-order valence-corrected chi connectivity index (χ2v) is 4.75. The second kappa shape index (κ2) is 5.26. The van der Waals surface area contributed by atoms with Crippen LogP contribution in [0.5, 0.6) is 0 Å². The van der Waals surface area contributed by atoms with E-state index in [1.165, 1.54) is 6.07 Å². The van der Waals surface area contributed by atoms with Gasteiger partial charge in [-0.05, 0) is 38.6 Å². The van der Waals surface area contributed by atoms with Crippen LogP contribution in [0.3, 0.4) is 0 Å². The predicted octanol–water partition coefficient (Wildman–Crippen LogP) is 1.90. The lowest BCUT2D eigenvalue weighted by Gasteiger charge is -2.33. The van der Waals surface area contributed by atoms with Gasteiger partial charge in [0.2, 0.25) is 0 Å². The average Bonchev–Trinajstić information content (AvgIpc) is 2.31. The number of aliphatic hydroxyl groups excluding tert-OH is 1. The first-order valence-corrected chi connectivity index (χ1v) is 5.41. The smallest absolute Gasteiger partial charge is 0.140 e. The van der Waals surface area contributed by atoms with E-state index in [1.54, 1.807) is 12.1 Å². The summed E-state index contributed by atoms with van der Waals surface area (Å²) in [6, 6.07) is 6.31. The standard InChI is InChI=1S/C13H17FN2O/c1-13(2,9-17)16(3)8-10-4-5-12(14)11(6-10)7-15/h4-6,17H,8-9H2,1-3H3. The Balaban J connectivity index is 2.87. The van der Waals surface area contributed by atoms with Gasteiger partial charge in [0.1, 0.15) is 11.9 Å². The van der Waals surface area contributed by atoms with Gasteiger partial charge in [0.15, 0.2) is 0 Å². The van der Waals surface area contributed by atoms with Crippen molar-refractivity contribution in [2.24, 2.45) is 0 Å². The highest BCUT2D eigenvalue weighted by atomic mass is 19.1. The molecule has 0 atom stereocenters. The summed E-state index contributed by atoms with van der Waals surface area (Å²) in [6.45, 7) is 4.43. The predicted molar refractivity (Wildman–Crippen MR) is 63.7 cm³/mol. The molecule has 0 radical (unpaired) electrons. The fraction of sp³-hybridized carbons (Fsp3) is 0.462. The minimum atomic E-state index is -0.500. The fourth-order valence-corrected chi connectivity index (χ4v) is 1.37. The largest absolute Gasteiger partial charge is 0.394 e. The van der Waals surface area contributed by atoms with Gasteiger partial charge in [0.05, 0.1) is 12.2 Å². The van der Waals surface area contributed by atoms with Crippen LogP contribution in [0.25, 0.3) is 0 Å². The highest BCUT2D eigenvalue weighted by Crippen LogP contribution is 2.17. The van der Waals surface area contributed by atoms with Gasteiger partial charge in [-0.3, -0.25) is 4.90 Å². The number of likely N-dealkylation sites (N-methyl/N-ethyl adjacent to an activating group) is 1. The molecule has 4 heteroatoms. The number of nitriles is 1. The van der Waals surface area contributed by atoms with Crippen LogP contribution >= 0.6 is 0 Å². The molecule has 0 aliphatic heterocycles. The summed E-state index contributed by atoms with van der Waals surface area (Å²) in [4.78, 5) is 1.96. The molecule has 0 aliphatic carbocycles. The molecule has 1 aromatic carbocycles. The number of hydrogen-bond acceptors (Lipinski definition) is 3. The van der Waals surface area contributed by atoms with E-state index < -0.39 is 5.82 Å². The first-order chi connectivity index (χ1) is 7.90. The molecule has 0 bridgehead atoms. The molecule has 17 heavy (non-hydrogen) atoms. The molecule has 1 N–H and O–H groups in total. The lowest BCUT2D eigenvalue weighted by molar-refractivity contribution is 0.0734. The van der Waals surface area contributed by atoms with Gasteiger partial charge in [-0.25, -0.2) is 4.39 Å². The van der Waals surface area contributed by atoms with Crippen LogP contribution in [0.4, 0.5) is 4.39 Å². The third kappa shape index (κ3) is 3.26. The van der Waals surface area contributed by atoms with Gasteiger partial charge < -0.3 is 5.11 Å². The van der Waals surface area contributed by atoms with Gasteiger partial charge >= 0.3 is 0 Å². The van der Waals surface area contributed by atoms with Crippen molar-refractivity contribution in [2.45, 2.75) is 25.9 Å². The summed E-state index contributed by atoms with van der Waals surface area (Å²) in [7, 11) is 1.88. The molecular formula is C13H17FN2O. The minimum absolute atomic E-state index is 0.0375. The van der Waals surface area contributed by atoms with Crippen LogP contribution in [0, 0.1) is 17.1 Å². The van der Waals surface area contributed by atoms with Gasteiger partial charge in [-0.1, -0.05) is 6.07 Å². The Hall–Kier alpha value is -1.44. The summed E-state index contributed by atoms with van der Waals surface area (Å²) in [5.41, 5.74) is 0.561. The van der Waals surface area contributed by atoms with Gasteiger partial charge in [-0.15, -0.1) is 0 Å². The topological polar surface area (TPSA) is 47.3 Å². The number of aliphatic hydroxyl groups is 1. The van der Waals surface area contributed by atoms with E-state index in [9.17, 15) is 9.50 Å². The quantitative estimate of drug-likeness (QED) is 0.868. The zero-order chi connectivity index (χ0) is 13.1. The van der Waals surface area contributed by atoms with Crippen molar-refractivity contribution in [1.82, 2.24) is 4.90 Å². The van der Waals surface area contributed by atoms with Crippen molar-refractivity contribution in [3.63, 3.8) is 0 Å². The molecule has 0 aromatic heterocycles. The van der Waals surface area contributed by atoms with Crippen LogP contribution in [0.1, 0.15) is 25.0 Å². The SMILES string of the molecule is CN(Cc1ccc(F)c(C#N)c1)C(C)(C)CO. The van der Waals surface area contributed by atoms with E-state index in [2.05, 4.69) is 0 Å². The maximum Gasteiger partial charge on any atom is 0.140 e. The number of benzene rings is 1. The molecule has 1 aromatic rings. The molecular weight excluding hydrogens is 219 g/mol. The third-order valence-electron chi connectivity index (χ3n) is 2.99. The molecule has 3 nitrogen and oxygen atoms in total. The maximum absolute atomic E-state index is 13.1. The number of hydrogen-bond donors (Lipinski definition) is 1. The highest BCUT2D eigenvalue weighted by Gasteiger charge is 2.22. The number of halogens is 1. The highest BCUT2D eigenvalue weighted by molar-refractivity contribution is 5.34. The van der Waals surface area contributed by atoms with Crippen molar-refractivity contribution in [3.8, 4) is 6.07 Å². The Labute approximate surface area is 101 Å². The molecule has 0 saturated carbocycles. The van der Waals surface area contributed by atoms with Crippen LogP contribution in [-0.4, -0.2) is 29.2 Å². The van der Waals surface area contributed by atoms with E-state index in [0.717, 1.165) is 5.56 Å². The number of nitrogens with zero attached hydrogens (tertiary/aromatic N) is 2. The Morgan fingerprint density at radius 3 is 2.65 bits per heavy atom. The van der Waals surface area contributed by atoms with E-state index in [4.69, 9.17) is 5.26 Å². The Morgan fingerprint density at radius 2 is 2.12 bits per heavy atom. The molecule has 1 rings (SSSR count). The zero-order valence-electron chi connectivity index (χ0n) is 10.4. The van der Waals surface area contributed by atoms with Crippen molar-refractivity contribution < 1.29 is 9.50 Å². The third-order valence-corrected chi connectivity index (χ3v) is 2.99. The monoisotopic (exact) mass is 236 g/mol. The molecule has 0 amide bonds. The zero-order valence-corrected chi connectivity index (χ0v) is 10.4. The average molecular weight is 236 g/mol. The summed E-state index contributed by atoms with van der Waals surface area (Å²) in [5, 5.41) is 18.0. The van der Waals surface area contributed by atoms with Gasteiger partial charge in [0, 0.05) is 12.1 Å². The molecule has 0 spiro atoms. The molecule has 92 valence electrons.